The monoisotopic (exact) mass is 638 g/mol. The van der Waals surface area contributed by atoms with Crippen LogP contribution in [0, 0.1) is 0 Å². The number of phenols is 2. The first-order valence-electron chi connectivity index (χ1n) is 17.1. The average Bonchev–Trinajstić information content (AvgIpc) is 3.03. The predicted octanol–water partition coefficient (Wildman–Crippen LogP) is 6.69. The Hall–Kier alpha value is -4.08. The summed E-state index contributed by atoms with van der Waals surface area (Å²) < 4.78 is 0. The van der Waals surface area contributed by atoms with E-state index in [2.05, 4.69) is 35.6 Å². The molecule has 10 nitrogen and oxygen atoms in total. The van der Waals surface area contributed by atoms with Gasteiger partial charge in [-0.15, -0.1) is 0 Å². The van der Waals surface area contributed by atoms with Gasteiger partial charge < -0.3 is 10.2 Å². The van der Waals surface area contributed by atoms with Gasteiger partial charge in [0, 0.05) is 12.8 Å². The molecule has 0 radical (unpaired) electrons. The molecule has 0 aliphatic rings. The summed E-state index contributed by atoms with van der Waals surface area (Å²) in [6, 6.07) is 10.1. The largest absolute Gasteiger partial charge is 0.507 e. The molecule has 46 heavy (non-hydrogen) atoms. The second-order valence-electron chi connectivity index (χ2n) is 11.9. The maximum Gasteiger partial charge on any atom is 0.273 e. The maximum absolute atomic E-state index is 12.6. The Kier molecular flexibility index (Phi) is 18.6. The van der Waals surface area contributed by atoms with Crippen molar-refractivity contribution in [1.82, 2.24) is 21.7 Å². The quantitative estimate of drug-likeness (QED) is 0.0661. The van der Waals surface area contributed by atoms with E-state index in [4.69, 9.17) is 0 Å². The number of amides is 4. The average molecular weight is 639 g/mol. The molecule has 2 aromatic rings. The number of benzene rings is 2. The molecule has 0 saturated heterocycles. The van der Waals surface area contributed by atoms with Crippen LogP contribution < -0.4 is 21.7 Å². The van der Waals surface area contributed by atoms with Crippen LogP contribution in [0.1, 0.15) is 148 Å². The molecule has 0 heterocycles. The van der Waals surface area contributed by atoms with Crippen molar-refractivity contribution in [1.29, 1.82) is 0 Å². The molecule has 0 unspecified atom stereocenters. The highest BCUT2D eigenvalue weighted by molar-refractivity contribution is 5.99. The molecule has 254 valence electrons. The smallest absolute Gasteiger partial charge is 0.273 e. The van der Waals surface area contributed by atoms with Gasteiger partial charge in [0.05, 0.1) is 11.1 Å². The molecule has 2 rings (SSSR count). The van der Waals surface area contributed by atoms with Gasteiger partial charge in [0.15, 0.2) is 0 Å². The van der Waals surface area contributed by atoms with E-state index in [0.29, 0.717) is 38.5 Å². The van der Waals surface area contributed by atoms with E-state index in [1.165, 1.54) is 12.1 Å². The van der Waals surface area contributed by atoms with Crippen LogP contribution in [0.25, 0.3) is 0 Å². The van der Waals surface area contributed by atoms with Crippen molar-refractivity contribution in [3.8, 4) is 11.5 Å². The van der Waals surface area contributed by atoms with Gasteiger partial charge in [0.25, 0.3) is 11.8 Å². The third kappa shape index (κ3) is 14.3. The molecule has 6 N–H and O–H groups in total. The SMILES string of the molecule is CCCCCc1cccc(O)c1C(=O)NNC(=O)CCCCCCCCCCC(=O)NNC(=O)c1c(O)cccc1CCCCC. The van der Waals surface area contributed by atoms with Gasteiger partial charge in [-0.2, -0.15) is 0 Å². The Balaban J connectivity index is 1.52. The van der Waals surface area contributed by atoms with Crippen molar-refractivity contribution in [2.45, 2.75) is 129 Å². The highest BCUT2D eigenvalue weighted by Crippen LogP contribution is 2.24. The van der Waals surface area contributed by atoms with Gasteiger partial charge in [0.2, 0.25) is 11.8 Å². The molecule has 10 heteroatoms. The van der Waals surface area contributed by atoms with Gasteiger partial charge in [0.1, 0.15) is 11.5 Å². The number of hydrogen-bond acceptors (Lipinski definition) is 6. The summed E-state index contributed by atoms with van der Waals surface area (Å²) in [6.45, 7) is 4.21. The normalized spacial score (nSPS) is 10.7. The molecule has 0 atom stereocenters. The number of aromatic hydroxyl groups is 2. The first-order chi connectivity index (χ1) is 22.3. The molecular formula is C36H54N4O6. The number of phenolic OH excluding ortho intramolecular Hbond substituents is 2. The van der Waals surface area contributed by atoms with Crippen LogP contribution >= 0.6 is 0 Å². The minimum absolute atomic E-state index is 0.0929. The highest BCUT2D eigenvalue weighted by Gasteiger charge is 2.18. The zero-order valence-corrected chi connectivity index (χ0v) is 27.7. The Morgan fingerprint density at radius 3 is 1.24 bits per heavy atom. The van der Waals surface area contributed by atoms with Crippen LogP contribution in [0.3, 0.4) is 0 Å². The summed E-state index contributed by atoms with van der Waals surface area (Å²) in [7, 11) is 0. The van der Waals surface area contributed by atoms with E-state index in [1.807, 2.05) is 12.1 Å². The Morgan fingerprint density at radius 2 is 0.870 bits per heavy atom. The van der Waals surface area contributed by atoms with Crippen LogP contribution in [0.2, 0.25) is 0 Å². The topological polar surface area (TPSA) is 157 Å². The first-order valence-corrected chi connectivity index (χ1v) is 17.1. The predicted molar refractivity (Wildman–Crippen MR) is 180 cm³/mol. The van der Waals surface area contributed by atoms with E-state index in [1.54, 1.807) is 12.1 Å². The fourth-order valence-corrected chi connectivity index (χ4v) is 5.38. The number of hydrazine groups is 2. The minimum atomic E-state index is -0.514. The highest BCUT2D eigenvalue weighted by atomic mass is 16.3. The van der Waals surface area contributed by atoms with Gasteiger partial charge >= 0.3 is 0 Å². The Bertz CT molecular complexity index is 1150. The van der Waals surface area contributed by atoms with E-state index >= 15 is 0 Å². The number of hydrogen-bond donors (Lipinski definition) is 6. The van der Waals surface area contributed by atoms with Crippen molar-refractivity contribution < 1.29 is 29.4 Å². The fourth-order valence-electron chi connectivity index (χ4n) is 5.38. The maximum atomic E-state index is 12.6. The number of rotatable bonds is 21. The van der Waals surface area contributed by atoms with Crippen molar-refractivity contribution >= 4 is 23.6 Å². The standard InChI is InChI=1S/C36H54N4O6/c1-3-5-13-19-27-21-17-23-29(41)33(27)35(45)39-37-31(43)25-15-11-9-7-8-10-12-16-26-32(44)38-40-36(46)34-28(20-14-6-4-2)22-18-24-30(34)42/h17-18,21-24,41-42H,3-16,19-20,25-26H2,1-2H3,(H,37,43)(H,38,44)(H,39,45)(H,40,46). The Labute approximate surface area is 274 Å². The van der Waals surface area contributed by atoms with Crippen LogP contribution in [-0.4, -0.2) is 33.8 Å². The molecule has 0 spiro atoms. The van der Waals surface area contributed by atoms with Crippen LogP contribution in [0.5, 0.6) is 11.5 Å². The lowest BCUT2D eigenvalue weighted by Gasteiger charge is -2.12. The lowest BCUT2D eigenvalue weighted by atomic mass is 10.00. The van der Waals surface area contributed by atoms with Crippen molar-refractivity contribution in [3.63, 3.8) is 0 Å². The van der Waals surface area contributed by atoms with Crippen LogP contribution in [-0.2, 0) is 22.4 Å². The summed E-state index contributed by atoms with van der Waals surface area (Å²) in [4.78, 5) is 49.6. The third-order valence-electron chi connectivity index (χ3n) is 8.00. The number of carbonyl (C=O) groups excluding carboxylic acids is 4. The van der Waals surface area contributed by atoms with E-state index in [9.17, 15) is 29.4 Å². The van der Waals surface area contributed by atoms with Gasteiger partial charge in [-0.1, -0.05) is 102 Å². The van der Waals surface area contributed by atoms with Crippen LogP contribution in [0.15, 0.2) is 36.4 Å². The van der Waals surface area contributed by atoms with Gasteiger partial charge in [-0.25, -0.2) is 0 Å². The minimum Gasteiger partial charge on any atom is -0.507 e. The summed E-state index contributed by atoms with van der Waals surface area (Å²) in [5.41, 5.74) is 11.7. The second-order valence-corrected chi connectivity index (χ2v) is 11.9. The zero-order valence-electron chi connectivity index (χ0n) is 27.7. The molecule has 0 aliphatic carbocycles. The van der Waals surface area contributed by atoms with Crippen molar-refractivity contribution in [2.24, 2.45) is 0 Å². The lowest BCUT2D eigenvalue weighted by molar-refractivity contribution is -0.122. The zero-order chi connectivity index (χ0) is 33.6. The Morgan fingerprint density at radius 1 is 0.500 bits per heavy atom. The van der Waals surface area contributed by atoms with Crippen LogP contribution in [0.4, 0.5) is 0 Å². The molecule has 4 amide bonds. The number of carbonyl (C=O) groups is 4. The van der Waals surface area contributed by atoms with Gasteiger partial charge in [-0.3, -0.25) is 40.9 Å². The van der Waals surface area contributed by atoms with E-state index in [-0.39, 0.29) is 34.4 Å². The molecule has 0 aliphatic heterocycles. The van der Waals surface area contributed by atoms with E-state index < -0.39 is 11.8 Å². The number of nitrogens with one attached hydrogen (secondary N) is 4. The lowest BCUT2D eigenvalue weighted by Crippen LogP contribution is -2.41. The summed E-state index contributed by atoms with van der Waals surface area (Å²) in [5, 5.41) is 20.4. The van der Waals surface area contributed by atoms with Gasteiger partial charge in [-0.05, 0) is 61.8 Å². The fraction of sp³-hybridized carbons (Fsp3) is 0.556. The second kappa shape index (κ2) is 22.4. The van der Waals surface area contributed by atoms with E-state index in [0.717, 1.165) is 88.2 Å². The molecule has 0 aromatic heterocycles. The molecule has 0 bridgehead atoms. The molecule has 0 saturated carbocycles. The third-order valence-corrected chi connectivity index (χ3v) is 8.00. The number of unbranched alkanes of at least 4 members (excludes halogenated alkanes) is 11. The molecular weight excluding hydrogens is 584 g/mol. The summed E-state index contributed by atoms with van der Waals surface area (Å²) in [6.07, 6.45) is 15.3. The van der Waals surface area contributed by atoms with Crippen molar-refractivity contribution in [3.05, 3.63) is 58.7 Å². The summed E-state index contributed by atoms with van der Waals surface area (Å²) >= 11 is 0. The summed E-state index contributed by atoms with van der Waals surface area (Å²) in [5.74, 6) is -1.74. The van der Waals surface area contributed by atoms with Crippen molar-refractivity contribution in [2.75, 3.05) is 0 Å². The number of aryl methyl sites for hydroxylation is 2. The first kappa shape index (κ1) is 38.1. The molecule has 0 fully saturated rings. The molecule has 2 aromatic carbocycles.